The van der Waals surface area contributed by atoms with Crippen LogP contribution in [0.1, 0.15) is 31.3 Å². The van der Waals surface area contributed by atoms with Gasteiger partial charge in [-0.1, -0.05) is 26.0 Å². The quantitative estimate of drug-likeness (QED) is 0.742. The molecule has 0 unspecified atom stereocenters. The van der Waals surface area contributed by atoms with Gasteiger partial charge < -0.3 is 4.74 Å². The summed E-state index contributed by atoms with van der Waals surface area (Å²) < 4.78 is 6.69. The molecule has 100 valence electrons. The van der Waals surface area contributed by atoms with E-state index in [0.717, 1.165) is 16.0 Å². The largest absolute Gasteiger partial charge is 0.453 e. The van der Waals surface area contributed by atoms with Crippen LogP contribution in [0.3, 0.4) is 0 Å². The number of rotatable bonds is 4. The lowest BCUT2D eigenvalue weighted by Gasteiger charge is -2.12. The molecule has 1 heterocycles. The molecule has 0 fully saturated rings. The van der Waals surface area contributed by atoms with Gasteiger partial charge in [0, 0.05) is 5.92 Å². The Labute approximate surface area is 126 Å². The minimum atomic E-state index is 0.263. The maximum atomic E-state index is 5.93. The first-order valence-corrected chi connectivity index (χ1v) is 7.28. The molecule has 1 aromatic heterocycles. The Balaban J connectivity index is 2.33. The van der Waals surface area contributed by atoms with Crippen LogP contribution in [0, 0.1) is 0 Å². The first kappa shape index (κ1) is 14.3. The van der Waals surface area contributed by atoms with Gasteiger partial charge in [0.15, 0.2) is 5.75 Å². The van der Waals surface area contributed by atoms with Crippen LogP contribution in [0.4, 0.5) is 0 Å². The third-order valence-corrected chi connectivity index (χ3v) is 3.46. The second-order valence-electron chi connectivity index (χ2n) is 4.36. The Hall–Kier alpha value is -1.13. The van der Waals surface area contributed by atoms with Gasteiger partial charge in [0.05, 0.1) is 16.5 Å². The van der Waals surface area contributed by atoms with E-state index in [4.69, 9.17) is 16.3 Å². The molecular weight excluding hydrogens is 328 g/mol. The molecule has 0 saturated heterocycles. The Bertz CT molecular complexity index is 575. The average molecular weight is 342 g/mol. The summed E-state index contributed by atoms with van der Waals surface area (Å²) in [5, 5.41) is 0. The first-order valence-electron chi connectivity index (χ1n) is 5.96. The van der Waals surface area contributed by atoms with Crippen LogP contribution in [-0.2, 0) is 5.88 Å². The summed E-state index contributed by atoms with van der Waals surface area (Å²) in [7, 11) is 0. The van der Waals surface area contributed by atoms with Crippen molar-refractivity contribution in [2.24, 2.45) is 0 Å². The van der Waals surface area contributed by atoms with Crippen LogP contribution in [0.5, 0.6) is 11.5 Å². The highest BCUT2D eigenvalue weighted by Gasteiger charge is 2.11. The van der Waals surface area contributed by atoms with E-state index in [1.807, 2.05) is 38.1 Å². The highest BCUT2D eigenvalue weighted by Crippen LogP contribution is 2.31. The summed E-state index contributed by atoms with van der Waals surface area (Å²) >= 11 is 9.37. The lowest BCUT2D eigenvalue weighted by Crippen LogP contribution is -2.02. The third kappa shape index (κ3) is 3.45. The molecule has 1 aromatic carbocycles. The number of aromatic nitrogens is 2. The van der Waals surface area contributed by atoms with Gasteiger partial charge in [-0.05, 0) is 28.1 Å². The van der Waals surface area contributed by atoms with E-state index in [2.05, 4.69) is 25.9 Å². The topological polar surface area (TPSA) is 35.0 Å². The molecule has 3 nitrogen and oxygen atoms in total. The van der Waals surface area contributed by atoms with Crippen molar-refractivity contribution < 1.29 is 4.74 Å². The molecule has 2 aromatic rings. The van der Waals surface area contributed by atoms with E-state index in [0.29, 0.717) is 17.3 Å². The Morgan fingerprint density at radius 3 is 2.63 bits per heavy atom. The lowest BCUT2D eigenvalue weighted by molar-refractivity contribution is 0.467. The number of halogens is 2. The van der Waals surface area contributed by atoms with Crippen molar-refractivity contribution in [3.63, 3.8) is 0 Å². The van der Waals surface area contributed by atoms with E-state index in [-0.39, 0.29) is 5.92 Å². The molecule has 0 aliphatic heterocycles. The average Bonchev–Trinajstić information content (AvgIpc) is 2.41. The van der Waals surface area contributed by atoms with Crippen LogP contribution >= 0.6 is 27.5 Å². The van der Waals surface area contributed by atoms with Crippen molar-refractivity contribution in [3.05, 3.63) is 46.5 Å². The van der Waals surface area contributed by atoms with Crippen LogP contribution in [0.2, 0.25) is 0 Å². The molecule has 0 saturated carbocycles. The van der Waals surface area contributed by atoms with Crippen molar-refractivity contribution in [3.8, 4) is 11.5 Å². The molecule has 0 amide bonds. The number of nitrogens with zero attached hydrogens (tertiary/aromatic N) is 2. The van der Waals surface area contributed by atoms with E-state index < -0.39 is 0 Å². The smallest absolute Gasteiger partial charge is 0.168 e. The number of hydrogen-bond acceptors (Lipinski definition) is 3. The Kier molecular flexibility index (Phi) is 4.77. The molecule has 0 spiro atoms. The fourth-order valence-corrected chi connectivity index (χ4v) is 2.08. The summed E-state index contributed by atoms with van der Waals surface area (Å²) in [4.78, 5) is 8.74. The van der Waals surface area contributed by atoms with Crippen molar-refractivity contribution >= 4 is 27.5 Å². The van der Waals surface area contributed by atoms with Gasteiger partial charge in [-0.25, -0.2) is 9.97 Å². The fourth-order valence-electron chi connectivity index (χ4n) is 1.53. The Morgan fingerprint density at radius 2 is 2.00 bits per heavy atom. The third-order valence-electron chi connectivity index (χ3n) is 2.55. The molecule has 2 rings (SSSR count). The fraction of sp³-hybridized carbons (Fsp3) is 0.286. The minimum Gasteiger partial charge on any atom is -0.453 e. The van der Waals surface area contributed by atoms with Gasteiger partial charge in [-0.3, -0.25) is 0 Å². The number of para-hydroxylation sites is 1. The number of ether oxygens (including phenoxy) is 1. The Morgan fingerprint density at radius 1 is 1.26 bits per heavy atom. The van der Waals surface area contributed by atoms with E-state index >= 15 is 0 Å². The SMILES string of the molecule is CC(C)c1ncc(Oc2ccccc2Br)c(CCl)n1. The molecule has 0 atom stereocenters. The number of alkyl halides is 1. The molecular formula is C14H14BrClN2O. The molecule has 0 aliphatic rings. The number of hydrogen-bond donors (Lipinski definition) is 0. The van der Waals surface area contributed by atoms with Gasteiger partial charge in [0.25, 0.3) is 0 Å². The molecule has 0 radical (unpaired) electrons. The van der Waals surface area contributed by atoms with Crippen LogP contribution < -0.4 is 4.74 Å². The van der Waals surface area contributed by atoms with Crippen LogP contribution in [-0.4, -0.2) is 9.97 Å². The van der Waals surface area contributed by atoms with E-state index in [1.165, 1.54) is 0 Å². The van der Waals surface area contributed by atoms with E-state index in [9.17, 15) is 0 Å². The number of benzene rings is 1. The van der Waals surface area contributed by atoms with Crippen molar-refractivity contribution in [1.29, 1.82) is 0 Å². The van der Waals surface area contributed by atoms with Gasteiger partial charge in [0.2, 0.25) is 0 Å². The molecule has 0 N–H and O–H groups in total. The minimum absolute atomic E-state index is 0.263. The zero-order valence-corrected chi connectivity index (χ0v) is 13.1. The monoisotopic (exact) mass is 340 g/mol. The summed E-state index contributed by atoms with van der Waals surface area (Å²) in [6, 6.07) is 7.62. The maximum absolute atomic E-state index is 5.93. The molecule has 5 heteroatoms. The normalized spacial score (nSPS) is 10.8. The summed E-state index contributed by atoms with van der Waals surface area (Å²) in [5.41, 5.74) is 0.705. The van der Waals surface area contributed by atoms with Crippen molar-refractivity contribution in [2.45, 2.75) is 25.6 Å². The van der Waals surface area contributed by atoms with Gasteiger partial charge in [-0.15, -0.1) is 11.6 Å². The standard InChI is InChI=1S/C14H14BrClN2O/c1-9(2)14-17-8-13(11(7-16)18-14)19-12-6-4-3-5-10(12)15/h3-6,8-9H,7H2,1-2H3. The zero-order valence-electron chi connectivity index (χ0n) is 10.7. The lowest BCUT2D eigenvalue weighted by atomic mass is 10.2. The highest BCUT2D eigenvalue weighted by molar-refractivity contribution is 9.10. The maximum Gasteiger partial charge on any atom is 0.168 e. The molecule has 19 heavy (non-hydrogen) atoms. The van der Waals surface area contributed by atoms with Crippen molar-refractivity contribution in [1.82, 2.24) is 9.97 Å². The summed E-state index contributed by atoms with van der Waals surface area (Å²) in [6.45, 7) is 4.09. The van der Waals surface area contributed by atoms with Gasteiger partial charge >= 0.3 is 0 Å². The summed E-state index contributed by atoms with van der Waals surface area (Å²) in [5.74, 6) is 2.64. The zero-order chi connectivity index (χ0) is 13.8. The van der Waals surface area contributed by atoms with Gasteiger partial charge in [0.1, 0.15) is 17.3 Å². The predicted octanol–water partition coefficient (Wildman–Crippen LogP) is 4.89. The summed E-state index contributed by atoms with van der Waals surface area (Å²) in [6.07, 6.45) is 1.68. The van der Waals surface area contributed by atoms with E-state index in [1.54, 1.807) is 6.20 Å². The highest BCUT2D eigenvalue weighted by atomic mass is 79.9. The van der Waals surface area contributed by atoms with Crippen LogP contribution in [0.25, 0.3) is 0 Å². The van der Waals surface area contributed by atoms with Crippen molar-refractivity contribution in [2.75, 3.05) is 0 Å². The predicted molar refractivity (Wildman–Crippen MR) is 79.9 cm³/mol. The molecule has 0 aliphatic carbocycles. The van der Waals surface area contributed by atoms with Gasteiger partial charge in [-0.2, -0.15) is 0 Å². The second kappa shape index (κ2) is 6.35. The first-order chi connectivity index (χ1) is 9.11. The van der Waals surface area contributed by atoms with Crippen LogP contribution in [0.15, 0.2) is 34.9 Å². The molecule has 0 bridgehead atoms. The second-order valence-corrected chi connectivity index (χ2v) is 5.48.